The molecule has 0 aliphatic carbocycles. The highest BCUT2D eigenvalue weighted by atomic mass is 35.5. The first-order valence-electron chi connectivity index (χ1n) is 7.42. The highest BCUT2D eigenvalue weighted by Gasteiger charge is 2.08. The number of unbranched alkanes of at least 4 members (excludes halogenated alkanes) is 2. The molecule has 2 N–H and O–H groups in total. The molecule has 23 heavy (non-hydrogen) atoms. The predicted molar refractivity (Wildman–Crippen MR) is 94.5 cm³/mol. The second-order valence-corrected chi connectivity index (χ2v) is 5.91. The Kier molecular flexibility index (Phi) is 6.62. The van der Waals surface area contributed by atoms with Crippen LogP contribution >= 0.6 is 23.2 Å². The fourth-order valence-electron chi connectivity index (χ4n) is 1.94. The molecule has 0 saturated carbocycles. The summed E-state index contributed by atoms with van der Waals surface area (Å²) in [7, 11) is 0. The Bertz CT molecular complexity index is 641. The van der Waals surface area contributed by atoms with Gasteiger partial charge in [0.25, 0.3) is 5.91 Å². The van der Waals surface area contributed by atoms with Crippen molar-refractivity contribution >= 4 is 40.7 Å². The zero-order valence-electron chi connectivity index (χ0n) is 12.8. The molecule has 5 nitrogen and oxygen atoms in total. The first-order chi connectivity index (χ1) is 11.1. The summed E-state index contributed by atoms with van der Waals surface area (Å²) in [5, 5.41) is 6.74. The van der Waals surface area contributed by atoms with E-state index in [1.807, 2.05) is 0 Å². The fourth-order valence-corrected chi connectivity index (χ4v) is 2.47. The molecule has 0 saturated heterocycles. The van der Waals surface area contributed by atoms with Crippen LogP contribution < -0.4 is 10.6 Å². The van der Waals surface area contributed by atoms with Gasteiger partial charge in [0.1, 0.15) is 0 Å². The molecule has 122 valence electrons. The lowest BCUT2D eigenvalue weighted by molar-refractivity contribution is 0.102. The van der Waals surface area contributed by atoms with Gasteiger partial charge in [-0.15, -0.1) is 0 Å². The molecule has 1 amide bonds. The van der Waals surface area contributed by atoms with E-state index in [0.29, 0.717) is 27.2 Å². The third-order valence-electron chi connectivity index (χ3n) is 3.10. The summed E-state index contributed by atoms with van der Waals surface area (Å²) in [6.45, 7) is 2.97. The molecule has 2 rings (SSSR count). The molecular formula is C16H18Cl2N4O. The lowest BCUT2D eigenvalue weighted by Crippen LogP contribution is -2.13. The number of carbonyl (C=O) groups is 1. The van der Waals surface area contributed by atoms with E-state index in [0.717, 1.165) is 25.8 Å². The van der Waals surface area contributed by atoms with Crippen molar-refractivity contribution in [2.45, 2.75) is 26.2 Å². The van der Waals surface area contributed by atoms with Gasteiger partial charge in [-0.25, -0.2) is 9.97 Å². The maximum absolute atomic E-state index is 12.1. The Hall–Kier alpha value is -1.85. The van der Waals surface area contributed by atoms with Crippen LogP contribution in [0.5, 0.6) is 0 Å². The topological polar surface area (TPSA) is 66.9 Å². The van der Waals surface area contributed by atoms with Gasteiger partial charge in [-0.2, -0.15) is 0 Å². The molecule has 1 aromatic carbocycles. The van der Waals surface area contributed by atoms with Crippen molar-refractivity contribution in [2.24, 2.45) is 0 Å². The molecule has 1 aromatic heterocycles. The summed E-state index contributed by atoms with van der Waals surface area (Å²) in [6, 6.07) is 4.84. The van der Waals surface area contributed by atoms with Gasteiger partial charge in [-0.05, 0) is 24.6 Å². The smallest absolute Gasteiger partial charge is 0.258 e. The summed E-state index contributed by atoms with van der Waals surface area (Å²) in [5.74, 6) is 0.198. The molecule has 7 heteroatoms. The first kappa shape index (κ1) is 17.5. The number of hydrogen-bond acceptors (Lipinski definition) is 4. The zero-order valence-corrected chi connectivity index (χ0v) is 14.3. The van der Waals surface area contributed by atoms with Gasteiger partial charge in [-0.1, -0.05) is 43.0 Å². The van der Waals surface area contributed by atoms with Gasteiger partial charge in [-0.3, -0.25) is 4.79 Å². The molecule has 0 aliphatic heterocycles. The van der Waals surface area contributed by atoms with Crippen molar-refractivity contribution in [3.05, 3.63) is 46.2 Å². The van der Waals surface area contributed by atoms with E-state index in [2.05, 4.69) is 27.5 Å². The van der Waals surface area contributed by atoms with Crippen molar-refractivity contribution < 1.29 is 4.79 Å². The molecule has 0 fully saturated rings. The van der Waals surface area contributed by atoms with Crippen LogP contribution in [0.2, 0.25) is 10.0 Å². The second-order valence-electron chi connectivity index (χ2n) is 5.04. The number of hydrogen-bond donors (Lipinski definition) is 2. The number of anilines is 2. The van der Waals surface area contributed by atoms with Crippen LogP contribution in [0.25, 0.3) is 0 Å². The van der Waals surface area contributed by atoms with E-state index in [1.54, 1.807) is 18.2 Å². The number of halogens is 2. The molecular weight excluding hydrogens is 335 g/mol. The van der Waals surface area contributed by atoms with Crippen molar-refractivity contribution in [3.63, 3.8) is 0 Å². The Labute approximate surface area is 145 Å². The molecule has 0 bridgehead atoms. The molecule has 1 heterocycles. The van der Waals surface area contributed by atoms with Crippen LogP contribution in [0.15, 0.2) is 30.6 Å². The minimum Gasteiger partial charge on any atom is -0.354 e. The Morgan fingerprint density at radius 3 is 2.35 bits per heavy atom. The Morgan fingerprint density at radius 2 is 1.74 bits per heavy atom. The molecule has 0 aliphatic rings. The summed E-state index contributed by atoms with van der Waals surface area (Å²) in [4.78, 5) is 20.4. The quantitative estimate of drug-likeness (QED) is 0.712. The van der Waals surface area contributed by atoms with Gasteiger partial charge < -0.3 is 10.6 Å². The number of nitrogens with zero attached hydrogens (tertiary/aromatic N) is 2. The van der Waals surface area contributed by atoms with E-state index >= 15 is 0 Å². The lowest BCUT2D eigenvalue weighted by atomic mass is 10.2. The van der Waals surface area contributed by atoms with Crippen LogP contribution in [0.4, 0.5) is 11.6 Å². The third kappa shape index (κ3) is 5.69. The monoisotopic (exact) mass is 352 g/mol. The van der Waals surface area contributed by atoms with Crippen LogP contribution in [0.1, 0.15) is 36.5 Å². The Morgan fingerprint density at radius 1 is 1.09 bits per heavy atom. The van der Waals surface area contributed by atoms with Crippen LogP contribution in [-0.4, -0.2) is 22.4 Å². The average molecular weight is 353 g/mol. The third-order valence-corrected chi connectivity index (χ3v) is 3.53. The molecule has 2 aromatic rings. The predicted octanol–water partition coefficient (Wildman–Crippen LogP) is 4.64. The second kappa shape index (κ2) is 8.70. The van der Waals surface area contributed by atoms with E-state index < -0.39 is 0 Å². The summed E-state index contributed by atoms with van der Waals surface area (Å²) >= 11 is 11.8. The highest BCUT2D eigenvalue weighted by molar-refractivity contribution is 6.35. The van der Waals surface area contributed by atoms with E-state index in [9.17, 15) is 4.79 Å². The van der Waals surface area contributed by atoms with Crippen molar-refractivity contribution in [1.82, 2.24) is 9.97 Å². The number of aromatic nitrogens is 2. The van der Waals surface area contributed by atoms with Crippen molar-refractivity contribution in [1.29, 1.82) is 0 Å². The number of amides is 1. The van der Waals surface area contributed by atoms with Gasteiger partial charge in [0.15, 0.2) is 0 Å². The SMILES string of the molecule is CCCCCNc1ncc(C(=O)Nc2cc(Cl)cc(Cl)c2)cn1. The largest absolute Gasteiger partial charge is 0.354 e. The normalized spacial score (nSPS) is 10.4. The zero-order chi connectivity index (χ0) is 16.7. The minimum absolute atomic E-state index is 0.319. The van der Waals surface area contributed by atoms with Crippen LogP contribution in [0, 0.1) is 0 Å². The standard InChI is InChI=1S/C16H18Cl2N4O/c1-2-3-4-5-19-16-20-9-11(10-21-16)15(23)22-14-7-12(17)6-13(18)8-14/h6-10H,2-5H2,1H3,(H,22,23)(H,19,20,21). The summed E-state index contributed by atoms with van der Waals surface area (Å²) in [5.41, 5.74) is 0.884. The average Bonchev–Trinajstić information content (AvgIpc) is 2.51. The molecule has 0 radical (unpaired) electrons. The highest BCUT2D eigenvalue weighted by Crippen LogP contribution is 2.22. The molecule has 0 atom stereocenters. The van der Waals surface area contributed by atoms with Gasteiger partial charge in [0, 0.05) is 34.7 Å². The number of nitrogens with one attached hydrogen (secondary N) is 2. The van der Waals surface area contributed by atoms with E-state index in [4.69, 9.17) is 23.2 Å². The van der Waals surface area contributed by atoms with E-state index in [1.165, 1.54) is 12.4 Å². The fraction of sp³-hybridized carbons (Fsp3) is 0.312. The summed E-state index contributed by atoms with van der Waals surface area (Å²) in [6.07, 6.45) is 6.36. The lowest BCUT2D eigenvalue weighted by Gasteiger charge is -2.07. The Balaban J connectivity index is 1.94. The van der Waals surface area contributed by atoms with Crippen LogP contribution in [-0.2, 0) is 0 Å². The maximum Gasteiger partial charge on any atom is 0.258 e. The van der Waals surface area contributed by atoms with E-state index in [-0.39, 0.29) is 5.91 Å². The first-order valence-corrected chi connectivity index (χ1v) is 8.17. The van der Waals surface area contributed by atoms with Crippen LogP contribution in [0.3, 0.4) is 0 Å². The minimum atomic E-state index is -0.319. The number of carbonyl (C=O) groups excluding carboxylic acids is 1. The number of rotatable bonds is 7. The van der Waals surface area contributed by atoms with Gasteiger partial charge in [0.2, 0.25) is 5.95 Å². The van der Waals surface area contributed by atoms with Crippen molar-refractivity contribution in [3.8, 4) is 0 Å². The van der Waals surface area contributed by atoms with Gasteiger partial charge in [0.05, 0.1) is 5.56 Å². The van der Waals surface area contributed by atoms with Gasteiger partial charge >= 0.3 is 0 Å². The van der Waals surface area contributed by atoms with Crippen molar-refractivity contribution in [2.75, 3.05) is 17.2 Å². The number of benzene rings is 1. The maximum atomic E-state index is 12.1. The summed E-state index contributed by atoms with van der Waals surface area (Å²) < 4.78 is 0. The molecule has 0 unspecified atom stereocenters. The molecule has 0 spiro atoms.